The molecule has 10 nitrogen and oxygen atoms in total. The summed E-state index contributed by atoms with van der Waals surface area (Å²) in [6, 6.07) is 10.6. The van der Waals surface area contributed by atoms with Gasteiger partial charge in [0.15, 0.2) is 11.5 Å². The van der Waals surface area contributed by atoms with Crippen molar-refractivity contribution in [3.63, 3.8) is 0 Å². The topological polar surface area (TPSA) is 115 Å². The minimum absolute atomic E-state index is 0.130. The number of rotatable bonds is 6. The van der Waals surface area contributed by atoms with E-state index in [2.05, 4.69) is 10.6 Å². The van der Waals surface area contributed by atoms with Gasteiger partial charge in [0.1, 0.15) is 24.3 Å². The van der Waals surface area contributed by atoms with Crippen LogP contribution in [0, 0.1) is 0 Å². The second-order valence-corrected chi connectivity index (χ2v) is 7.78. The molecule has 10 heteroatoms. The van der Waals surface area contributed by atoms with Crippen molar-refractivity contribution in [3.8, 4) is 17.2 Å². The van der Waals surface area contributed by atoms with Gasteiger partial charge in [0.05, 0.1) is 6.61 Å². The van der Waals surface area contributed by atoms with Crippen LogP contribution in [0.2, 0.25) is 0 Å². The smallest absolute Gasteiger partial charge is 0.325 e. The molecule has 33 heavy (non-hydrogen) atoms. The van der Waals surface area contributed by atoms with Crippen molar-refractivity contribution in [1.82, 2.24) is 10.6 Å². The number of urea groups is 1. The number of nitrogens with zero attached hydrogens (tertiary/aromatic N) is 1. The second-order valence-electron chi connectivity index (χ2n) is 7.78. The van der Waals surface area contributed by atoms with Gasteiger partial charge < -0.3 is 34.5 Å². The molecular weight excluding hydrogens is 430 g/mol. The lowest BCUT2D eigenvalue weighted by Crippen LogP contribution is -2.46. The Bertz CT molecular complexity index is 1140. The van der Waals surface area contributed by atoms with Crippen molar-refractivity contribution in [2.24, 2.45) is 0 Å². The van der Waals surface area contributed by atoms with E-state index in [-0.39, 0.29) is 45.5 Å². The zero-order valence-electron chi connectivity index (χ0n) is 18.0. The standard InChI is InChI=1S/C23H23N3O7/c1-2-30-20(27)11-25-22(29)24-7-8-26-16-6-4-3-5-14(16)23(21(26)28)12-31-17-10-19-18(9-15(17)23)32-13-33-19/h3-6,9-10H,2,7-8,11-13H2,1H3,(H2,24,25,29). The minimum atomic E-state index is -0.987. The molecular formula is C23H23N3O7. The summed E-state index contributed by atoms with van der Waals surface area (Å²) in [5.41, 5.74) is 1.37. The molecule has 2 aromatic rings. The summed E-state index contributed by atoms with van der Waals surface area (Å²) in [6.45, 7) is 2.46. The Balaban J connectivity index is 1.34. The van der Waals surface area contributed by atoms with Crippen molar-refractivity contribution < 1.29 is 33.3 Å². The Morgan fingerprint density at radius 1 is 1.06 bits per heavy atom. The normalized spacial score (nSPS) is 19.2. The number of nitrogens with one attached hydrogen (secondary N) is 2. The first kappa shape index (κ1) is 20.9. The predicted molar refractivity (Wildman–Crippen MR) is 116 cm³/mol. The molecule has 0 aliphatic carbocycles. The molecule has 0 saturated carbocycles. The molecule has 3 amide bonds. The van der Waals surface area contributed by atoms with Gasteiger partial charge in [-0.2, -0.15) is 0 Å². The molecule has 0 aromatic heterocycles. The summed E-state index contributed by atoms with van der Waals surface area (Å²) < 4.78 is 21.7. The van der Waals surface area contributed by atoms with Crippen LogP contribution in [0.4, 0.5) is 10.5 Å². The van der Waals surface area contributed by atoms with Crippen LogP contribution in [0.5, 0.6) is 17.2 Å². The molecule has 0 bridgehead atoms. The molecule has 1 spiro atoms. The summed E-state index contributed by atoms with van der Waals surface area (Å²) >= 11 is 0. The summed E-state index contributed by atoms with van der Waals surface area (Å²) in [5.74, 6) is 1.14. The van der Waals surface area contributed by atoms with E-state index < -0.39 is 17.4 Å². The van der Waals surface area contributed by atoms with E-state index in [9.17, 15) is 14.4 Å². The first-order chi connectivity index (χ1) is 16.0. The second kappa shape index (κ2) is 8.19. The van der Waals surface area contributed by atoms with Gasteiger partial charge in [-0.15, -0.1) is 0 Å². The maximum atomic E-state index is 13.8. The van der Waals surface area contributed by atoms with Gasteiger partial charge in [0, 0.05) is 30.4 Å². The van der Waals surface area contributed by atoms with E-state index in [1.807, 2.05) is 30.3 Å². The maximum absolute atomic E-state index is 13.8. The minimum Gasteiger partial charge on any atom is -0.491 e. The van der Waals surface area contributed by atoms with Crippen LogP contribution < -0.4 is 29.7 Å². The van der Waals surface area contributed by atoms with Crippen molar-refractivity contribution in [3.05, 3.63) is 47.5 Å². The van der Waals surface area contributed by atoms with Crippen LogP contribution in [0.15, 0.2) is 36.4 Å². The number of hydrogen-bond donors (Lipinski definition) is 2. The fourth-order valence-corrected chi connectivity index (χ4v) is 4.49. The highest BCUT2D eigenvalue weighted by molar-refractivity contribution is 6.11. The lowest BCUT2D eigenvalue weighted by Gasteiger charge is -2.23. The molecule has 172 valence electrons. The van der Waals surface area contributed by atoms with Crippen LogP contribution in [0.3, 0.4) is 0 Å². The Kier molecular flexibility index (Phi) is 5.20. The van der Waals surface area contributed by atoms with Crippen LogP contribution in [-0.2, 0) is 19.7 Å². The van der Waals surface area contributed by atoms with Crippen molar-refractivity contribution in [2.75, 3.05) is 44.5 Å². The molecule has 0 radical (unpaired) electrons. The van der Waals surface area contributed by atoms with Crippen LogP contribution in [0.25, 0.3) is 0 Å². The molecule has 0 fully saturated rings. The Labute approximate surface area is 189 Å². The third-order valence-corrected chi connectivity index (χ3v) is 5.96. The molecule has 3 aliphatic heterocycles. The van der Waals surface area contributed by atoms with E-state index in [1.54, 1.807) is 17.9 Å². The summed E-state index contributed by atoms with van der Waals surface area (Å²) in [6.07, 6.45) is 0. The number of hydrogen-bond acceptors (Lipinski definition) is 7. The van der Waals surface area contributed by atoms with Crippen molar-refractivity contribution >= 4 is 23.6 Å². The third kappa shape index (κ3) is 3.38. The van der Waals surface area contributed by atoms with Gasteiger partial charge in [-0.1, -0.05) is 18.2 Å². The van der Waals surface area contributed by atoms with Crippen molar-refractivity contribution in [2.45, 2.75) is 12.3 Å². The molecule has 1 atom stereocenters. The van der Waals surface area contributed by atoms with Gasteiger partial charge in [-0.3, -0.25) is 9.59 Å². The van der Waals surface area contributed by atoms with E-state index in [4.69, 9.17) is 18.9 Å². The quantitative estimate of drug-likeness (QED) is 0.634. The van der Waals surface area contributed by atoms with Crippen molar-refractivity contribution in [1.29, 1.82) is 0 Å². The van der Waals surface area contributed by atoms with E-state index in [0.29, 0.717) is 17.2 Å². The number of esters is 1. The first-order valence-corrected chi connectivity index (χ1v) is 10.7. The SMILES string of the molecule is CCOC(=O)CNC(=O)NCCN1C(=O)C2(COc3cc4c(cc32)OCO4)c2ccccc21. The van der Waals surface area contributed by atoms with E-state index in [1.165, 1.54) is 0 Å². The highest BCUT2D eigenvalue weighted by Crippen LogP contribution is 2.54. The largest absolute Gasteiger partial charge is 0.491 e. The van der Waals surface area contributed by atoms with Gasteiger partial charge in [0.25, 0.3) is 0 Å². The highest BCUT2D eigenvalue weighted by atomic mass is 16.7. The summed E-state index contributed by atoms with van der Waals surface area (Å²) in [7, 11) is 0. The lowest BCUT2D eigenvalue weighted by molar-refractivity contribution is -0.141. The third-order valence-electron chi connectivity index (χ3n) is 5.96. The molecule has 0 saturated heterocycles. The predicted octanol–water partition coefficient (Wildman–Crippen LogP) is 1.30. The zero-order chi connectivity index (χ0) is 23.0. The Morgan fingerprint density at radius 2 is 1.85 bits per heavy atom. The molecule has 2 aromatic carbocycles. The molecule has 2 N–H and O–H groups in total. The zero-order valence-corrected chi connectivity index (χ0v) is 18.0. The number of carbonyl (C=O) groups excluding carboxylic acids is 3. The van der Waals surface area contributed by atoms with Gasteiger partial charge in [-0.05, 0) is 24.6 Å². The number of ether oxygens (including phenoxy) is 4. The van der Waals surface area contributed by atoms with Crippen LogP contribution in [-0.4, -0.2) is 57.5 Å². The average Bonchev–Trinajstić information content (AvgIpc) is 3.49. The number of anilines is 1. The summed E-state index contributed by atoms with van der Waals surface area (Å²) in [4.78, 5) is 38.8. The first-order valence-electron chi connectivity index (χ1n) is 10.7. The number of para-hydroxylation sites is 1. The molecule has 3 aliphatic rings. The average molecular weight is 453 g/mol. The Hall–Kier alpha value is -3.95. The van der Waals surface area contributed by atoms with Crippen LogP contribution >= 0.6 is 0 Å². The molecule has 5 rings (SSSR count). The Morgan fingerprint density at radius 3 is 2.67 bits per heavy atom. The summed E-state index contributed by atoms with van der Waals surface area (Å²) in [5, 5.41) is 5.11. The number of fused-ring (bicyclic) bond motifs is 5. The van der Waals surface area contributed by atoms with Gasteiger partial charge >= 0.3 is 12.0 Å². The van der Waals surface area contributed by atoms with Crippen LogP contribution in [0.1, 0.15) is 18.1 Å². The fourth-order valence-electron chi connectivity index (χ4n) is 4.49. The number of amides is 3. The highest BCUT2D eigenvalue weighted by Gasteiger charge is 2.57. The molecule has 3 heterocycles. The van der Waals surface area contributed by atoms with E-state index >= 15 is 0 Å². The fraction of sp³-hybridized carbons (Fsp3) is 0.348. The van der Waals surface area contributed by atoms with Gasteiger partial charge in [0.2, 0.25) is 12.7 Å². The van der Waals surface area contributed by atoms with E-state index in [0.717, 1.165) is 16.8 Å². The maximum Gasteiger partial charge on any atom is 0.325 e. The lowest BCUT2D eigenvalue weighted by atomic mass is 9.77. The van der Waals surface area contributed by atoms with Gasteiger partial charge in [-0.25, -0.2) is 4.79 Å². The monoisotopic (exact) mass is 453 g/mol. The molecule has 1 unspecified atom stereocenters. The number of carbonyl (C=O) groups is 3. The number of benzene rings is 2.